The number of amides is 1. The average Bonchev–Trinajstić information content (AvgIpc) is 2.82. The van der Waals surface area contributed by atoms with Gasteiger partial charge in [0.25, 0.3) is 5.91 Å². The van der Waals surface area contributed by atoms with Crippen LogP contribution in [0.5, 0.6) is 5.75 Å². The van der Waals surface area contributed by atoms with Gasteiger partial charge in [0.1, 0.15) is 5.75 Å². The van der Waals surface area contributed by atoms with Gasteiger partial charge in [-0.2, -0.15) is 0 Å². The van der Waals surface area contributed by atoms with Crippen molar-refractivity contribution in [2.45, 2.75) is 39.3 Å². The van der Waals surface area contributed by atoms with Gasteiger partial charge in [-0.05, 0) is 67.1 Å². The SMILES string of the molecule is Cc1ccc(/C=C/CCNC(=O)c2ccccc2CN2CCc3ccc(O)cc3C2C)cc1. The number of aryl methyl sites for hydroxylation is 1. The predicted octanol–water partition coefficient (Wildman–Crippen LogP) is 5.65. The highest BCUT2D eigenvalue weighted by Gasteiger charge is 2.25. The van der Waals surface area contributed by atoms with Crippen LogP contribution in [-0.4, -0.2) is 29.0 Å². The van der Waals surface area contributed by atoms with Gasteiger partial charge in [-0.25, -0.2) is 0 Å². The predicted molar refractivity (Wildman–Crippen MR) is 134 cm³/mol. The van der Waals surface area contributed by atoms with E-state index in [2.05, 4.69) is 60.5 Å². The molecule has 1 atom stereocenters. The molecule has 2 N–H and O–H groups in total. The number of phenols is 1. The zero-order chi connectivity index (χ0) is 23.2. The first kappa shape index (κ1) is 22.8. The van der Waals surface area contributed by atoms with Crippen LogP contribution in [0.1, 0.15) is 57.6 Å². The normalized spacial score (nSPS) is 16.0. The molecule has 0 aliphatic carbocycles. The Balaban J connectivity index is 1.36. The molecule has 0 aromatic heterocycles. The van der Waals surface area contributed by atoms with Crippen LogP contribution in [0.25, 0.3) is 6.08 Å². The largest absolute Gasteiger partial charge is 0.508 e. The molecule has 0 bridgehead atoms. The number of nitrogens with one attached hydrogen (secondary N) is 1. The molecule has 4 heteroatoms. The summed E-state index contributed by atoms with van der Waals surface area (Å²) in [5.41, 5.74) is 6.64. The lowest BCUT2D eigenvalue weighted by molar-refractivity contribution is 0.0951. The van der Waals surface area contributed by atoms with Crippen molar-refractivity contribution in [2.75, 3.05) is 13.1 Å². The molecule has 0 radical (unpaired) electrons. The van der Waals surface area contributed by atoms with Gasteiger partial charge in [0.2, 0.25) is 0 Å². The molecule has 0 saturated carbocycles. The van der Waals surface area contributed by atoms with Gasteiger partial charge in [0.05, 0.1) is 0 Å². The third kappa shape index (κ3) is 5.71. The Labute approximate surface area is 196 Å². The van der Waals surface area contributed by atoms with Crippen molar-refractivity contribution >= 4 is 12.0 Å². The Hall–Kier alpha value is -3.37. The standard InChI is InChI=1S/C29H32N2O2/c1-21-10-12-23(13-11-21)7-5-6-17-30-29(33)27-9-4-3-8-25(27)20-31-18-16-24-14-15-26(32)19-28(24)22(31)2/h3-5,7-15,19,22,32H,6,16-18,20H2,1-2H3,(H,30,33)/b7-5+. The number of carbonyl (C=O) groups is 1. The first-order chi connectivity index (χ1) is 16.0. The van der Waals surface area contributed by atoms with E-state index in [9.17, 15) is 9.90 Å². The number of hydrogen-bond donors (Lipinski definition) is 2. The number of nitrogens with zero attached hydrogens (tertiary/aromatic N) is 1. The van der Waals surface area contributed by atoms with Crippen molar-refractivity contribution in [3.8, 4) is 5.75 Å². The average molecular weight is 441 g/mol. The van der Waals surface area contributed by atoms with Crippen LogP contribution < -0.4 is 5.32 Å². The fourth-order valence-electron chi connectivity index (χ4n) is 4.43. The van der Waals surface area contributed by atoms with Gasteiger partial charge < -0.3 is 10.4 Å². The highest BCUT2D eigenvalue weighted by molar-refractivity contribution is 5.95. The molecule has 3 aromatic rings. The maximum atomic E-state index is 12.9. The quantitative estimate of drug-likeness (QED) is 0.467. The van der Waals surface area contributed by atoms with E-state index in [0.717, 1.165) is 30.5 Å². The first-order valence-corrected chi connectivity index (χ1v) is 11.7. The number of rotatable bonds is 7. The van der Waals surface area contributed by atoms with Gasteiger partial charge in [-0.15, -0.1) is 0 Å². The second-order valence-corrected chi connectivity index (χ2v) is 8.79. The van der Waals surface area contributed by atoms with Crippen molar-refractivity contribution in [3.05, 3.63) is 106 Å². The van der Waals surface area contributed by atoms with Crippen molar-refractivity contribution < 1.29 is 9.90 Å². The summed E-state index contributed by atoms with van der Waals surface area (Å²) >= 11 is 0. The lowest BCUT2D eigenvalue weighted by Gasteiger charge is -2.35. The lowest BCUT2D eigenvalue weighted by Crippen LogP contribution is -2.34. The van der Waals surface area contributed by atoms with Crippen LogP contribution in [-0.2, 0) is 13.0 Å². The Morgan fingerprint density at radius 3 is 2.73 bits per heavy atom. The molecule has 1 aliphatic heterocycles. The number of benzene rings is 3. The molecule has 1 amide bonds. The van der Waals surface area contributed by atoms with Crippen molar-refractivity contribution in [1.29, 1.82) is 0 Å². The molecule has 4 rings (SSSR count). The zero-order valence-electron chi connectivity index (χ0n) is 19.4. The summed E-state index contributed by atoms with van der Waals surface area (Å²) in [6.45, 7) is 6.48. The molecule has 170 valence electrons. The Morgan fingerprint density at radius 2 is 1.91 bits per heavy atom. The molecular formula is C29H32N2O2. The molecule has 4 nitrogen and oxygen atoms in total. The summed E-state index contributed by atoms with van der Waals surface area (Å²) in [6.07, 6.45) is 5.92. The first-order valence-electron chi connectivity index (χ1n) is 11.7. The van der Waals surface area contributed by atoms with Crippen molar-refractivity contribution in [3.63, 3.8) is 0 Å². The number of phenolic OH excluding ortho intramolecular Hbond substituents is 1. The second kappa shape index (κ2) is 10.5. The maximum Gasteiger partial charge on any atom is 0.251 e. The van der Waals surface area contributed by atoms with E-state index in [1.54, 1.807) is 6.07 Å². The molecule has 33 heavy (non-hydrogen) atoms. The molecule has 1 heterocycles. The third-order valence-electron chi connectivity index (χ3n) is 6.42. The Morgan fingerprint density at radius 1 is 1.12 bits per heavy atom. The van der Waals surface area contributed by atoms with Crippen LogP contribution in [0.3, 0.4) is 0 Å². The second-order valence-electron chi connectivity index (χ2n) is 8.79. The van der Waals surface area contributed by atoms with Gasteiger partial charge in [0.15, 0.2) is 0 Å². The maximum absolute atomic E-state index is 12.9. The zero-order valence-corrected chi connectivity index (χ0v) is 19.4. The summed E-state index contributed by atoms with van der Waals surface area (Å²) in [4.78, 5) is 15.3. The van der Waals surface area contributed by atoms with E-state index in [1.165, 1.54) is 22.3 Å². The minimum atomic E-state index is -0.0305. The molecule has 0 saturated heterocycles. The van der Waals surface area contributed by atoms with E-state index in [4.69, 9.17) is 0 Å². The van der Waals surface area contributed by atoms with E-state index in [0.29, 0.717) is 18.8 Å². The number of hydrogen-bond acceptors (Lipinski definition) is 3. The number of aromatic hydroxyl groups is 1. The third-order valence-corrected chi connectivity index (χ3v) is 6.42. The molecular weight excluding hydrogens is 408 g/mol. The van der Waals surface area contributed by atoms with E-state index in [-0.39, 0.29) is 11.9 Å². The Bertz CT molecular complexity index is 1130. The minimum absolute atomic E-state index is 0.0305. The summed E-state index contributed by atoms with van der Waals surface area (Å²) in [5.74, 6) is 0.274. The Kier molecular flexibility index (Phi) is 7.26. The van der Waals surface area contributed by atoms with E-state index < -0.39 is 0 Å². The van der Waals surface area contributed by atoms with Crippen LogP contribution in [0, 0.1) is 6.92 Å². The van der Waals surface area contributed by atoms with Crippen molar-refractivity contribution in [2.24, 2.45) is 0 Å². The molecule has 0 fully saturated rings. The number of carbonyl (C=O) groups excluding carboxylic acids is 1. The highest BCUT2D eigenvalue weighted by atomic mass is 16.3. The van der Waals surface area contributed by atoms with Gasteiger partial charge in [-0.1, -0.05) is 66.2 Å². The molecule has 1 aliphatic rings. The fourth-order valence-corrected chi connectivity index (χ4v) is 4.43. The van der Waals surface area contributed by atoms with Crippen LogP contribution >= 0.6 is 0 Å². The van der Waals surface area contributed by atoms with Gasteiger partial charge in [-0.3, -0.25) is 9.69 Å². The lowest BCUT2D eigenvalue weighted by atomic mass is 9.92. The van der Waals surface area contributed by atoms with Crippen molar-refractivity contribution in [1.82, 2.24) is 10.2 Å². The van der Waals surface area contributed by atoms with E-state index in [1.807, 2.05) is 36.4 Å². The van der Waals surface area contributed by atoms with E-state index >= 15 is 0 Å². The smallest absolute Gasteiger partial charge is 0.251 e. The molecule has 0 spiro atoms. The summed E-state index contributed by atoms with van der Waals surface area (Å²) in [5, 5.41) is 13.0. The summed E-state index contributed by atoms with van der Waals surface area (Å²) < 4.78 is 0. The van der Waals surface area contributed by atoms with Gasteiger partial charge in [0, 0.05) is 31.2 Å². The molecule has 1 unspecified atom stereocenters. The topological polar surface area (TPSA) is 52.6 Å². The van der Waals surface area contributed by atoms with Crippen LogP contribution in [0.4, 0.5) is 0 Å². The minimum Gasteiger partial charge on any atom is -0.508 e. The summed E-state index contributed by atoms with van der Waals surface area (Å²) in [7, 11) is 0. The van der Waals surface area contributed by atoms with Crippen LogP contribution in [0.2, 0.25) is 0 Å². The monoisotopic (exact) mass is 440 g/mol. The fraction of sp³-hybridized carbons (Fsp3) is 0.276. The number of fused-ring (bicyclic) bond motifs is 1. The highest BCUT2D eigenvalue weighted by Crippen LogP contribution is 2.33. The van der Waals surface area contributed by atoms with Gasteiger partial charge >= 0.3 is 0 Å². The molecule has 3 aromatic carbocycles. The van der Waals surface area contributed by atoms with Crippen LogP contribution in [0.15, 0.2) is 72.8 Å². The summed E-state index contributed by atoms with van der Waals surface area (Å²) in [6, 6.07) is 22.1.